The van der Waals surface area contributed by atoms with E-state index in [1.807, 2.05) is 49.6 Å². The van der Waals surface area contributed by atoms with Crippen LogP contribution in [0.5, 0.6) is 0 Å². The zero-order chi connectivity index (χ0) is 20.3. The molecule has 8 nitrogen and oxygen atoms in total. The molecule has 8 heteroatoms. The van der Waals surface area contributed by atoms with Crippen LogP contribution in [0, 0.1) is 0 Å². The standard InChI is InChI=1S/C22H24N8/c1-23-21-26-22(27-29(21)20-19-10-6-5-7-17(19)11-12-25-20)30(18-8-3-2-4-9-18)28-15-13-24-14-16-28/h2-12,24H,13-16H2,1H3,(H,23,26,27). The number of fused-ring (bicyclic) bond motifs is 1. The first-order chi connectivity index (χ1) is 14.8. The molecule has 0 spiro atoms. The van der Waals surface area contributed by atoms with Crippen molar-refractivity contribution in [3.05, 3.63) is 66.9 Å². The number of nitrogens with one attached hydrogen (secondary N) is 2. The molecular weight excluding hydrogens is 376 g/mol. The number of nitrogens with zero attached hydrogens (tertiary/aromatic N) is 6. The van der Waals surface area contributed by atoms with Crippen LogP contribution in [0.15, 0.2) is 66.9 Å². The number of aromatic nitrogens is 4. The van der Waals surface area contributed by atoms with E-state index in [0.29, 0.717) is 11.9 Å². The molecule has 2 N–H and O–H groups in total. The zero-order valence-electron chi connectivity index (χ0n) is 16.9. The van der Waals surface area contributed by atoms with E-state index in [2.05, 4.69) is 49.9 Å². The van der Waals surface area contributed by atoms with Crippen LogP contribution in [0.4, 0.5) is 17.6 Å². The van der Waals surface area contributed by atoms with Crippen molar-refractivity contribution in [1.82, 2.24) is 30.1 Å². The maximum atomic E-state index is 4.90. The van der Waals surface area contributed by atoms with Crippen LogP contribution < -0.4 is 15.6 Å². The minimum absolute atomic E-state index is 0.613. The van der Waals surface area contributed by atoms with E-state index >= 15 is 0 Å². The summed E-state index contributed by atoms with van der Waals surface area (Å²) in [6.45, 7) is 3.61. The molecule has 5 rings (SSSR count). The van der Waals surface area contributed by atoms with E-state index in [-0.39, 0.29) is 0 Å². The molecule has 30 heavy (non-hydrogen) atoms. The number of hydrogen-bond acceptors (Lipinski definition) is 7. The lowest BCUT2D eigenvalue weighted by Gasteiger charge is -2.36. The molecule has 0 saturated carbocycles. The molecule has 2 aromatic heterocycles. The summed E-state index contributed by atoms with van der Waals surface area (Å²) in [5.74, 6) is 2.01. The molecule has 4 aromatic rings. The summed E-state index contributed by atoms with van der Waals surface area (Å²) in [7, 11) is 1.85. The number of benzene rings is 2. The Balaban J connectivity index is 1.64. The molecule has 152 valence electrons. The SMILES string of the molecule is CNc1nc(N(c2ccccc2)N2CCNCC2)nn1-c1nccc2ccccc12. The molecule has 0 atom stereocenters. The summed E-state index contributed by atoms with van der Waals surface area (Å²) in [5, 5.41) is 18.0. The van der Waals surface area contributed by atoms with Crippen molar-refractivity contribution in [2.45, 2.75) is 0 Å². The summed E-state index contributed by atoms with van der Waals surface area (Å²) in [5.41, 5.74) is 1.03. The topological polar surface area (TPSA) is 74.1 Å². The van der Waals surface area contributed by atoms with Gasteiger partial charge in [0.2, 0.25) is 5.95 Å². The van der Waals surface area contributed by atoms with Gasteiger partial charge in [-0.2, -0.15) is 9.67 Å². The van der Waals surface area contributed by atoms with Crippen LogP contribution in [0.2, 0.25) is 0 Å². The Morgan fingerprint density at radius 1 is 0.967 bits per heavy atom. The molecular formula is C22H24N8. The molecule has 1 aliphatic rings. The van der Waals surface area contributed by atoms with Gasteiger partial charge < -0.3 is 10.6 Å². The third-order valence-electron chi connectivity index (χ3n) is 5.24. The van der Waals surface area contributed by atoms with Gasteiger partial charge in [-0.25, -0.2) is 15.0 Å². The second-order valence-electron chi connectivity index (χ2n) is 7.10. The van der Waals surface area contributed by atoms with E-state index in [1.165, 1.54) is 0 Å². The van der Waals surface area contributed by atoms with Crippen LogP contribution in [-0.4, -0.2) is 58.0 Å². The smallest absolute Gasteiger partial charge is 0.266 e. The van der Waals surface area contributed by atoms with Gasteiger partial charge in [0, 0.05) is 44.8 Å². The van der Waals surface area contributed by atoms with Crippen molar-refractivity contribution in [2.75, 3.05) is 43.6 Å². The molecule has 0 bridgehead atoms. The highest BCUT2D eigenvalue weighted by Gasteiger charge is 2.25. The Labute approximate surface area is 175 Å². The van der Waals surface area contributed by atoms with Crippen LogP contribution in [-0.2, 0) is 0 Å². The fourth-order valence-corrected chi connectivity index (χ4v) is 3.80. The van der Waals surface area contributed by atoms with Crippen molar-refractivity contribution in [1.29, 1.82) is 0 Å². The lowest BCUT2D eigenvalue weighted by Crippen LogP contribution is -2.51. The van der Waals surface area contributed by atoms with Crippen molar-refractivity contribution in [3.8, 4) is 5.82 Å². The van der Waals surface area contributed by atoms with E-state index in [4.69, 9.17) is 10.1 Å². The molecule has 0 radical (unpaired) electrons. The summed E-state index contributed by atoms with van der Waals surface area (Å²) >= 11 is 0. The second kappa shape index (κ2) is 8.10. The quantitative estimate of drug-likeness (QED) is 0.534. The average Bonchev–Trinajstić information content (AvgIpc) is 3.24. The van der Waals surface area contributed by atoms with Gasteiger partial charge >= 0.3 is 0 Å². The number of pyridine rings is 1. The Bertz CT molecular complexity index is 1130. The molecule has 0 amide bonds. The molecule has 2 aromatic carbocycles. The van der Waals surface area contributed by atoms with Crippen LogP contribution in [0.25, 0.3) is 16.6 Å². The van der Waals surface area contributed by atoms with Crippen molar-refractivity contribution in [3.63, 3.8) is 0 Å². The predicted molar refractivity (Wildman–Crippen MR) is 119 cm³/mol. The molecule has 0 aliphatic carbocycles. The highest BCUT2D eigenvalue weighted by molar-refractivity contribution is 5.88. The summed E-state index contributed by atoms with van der Waals surface area (Å²) in [6, 6.07) is 20.4. The Hall–Kier alpha value is -3.49. The van der Waals surface area contributed by atoms with Crippen LogP contribution in [0.3, 0.4) is 0 Å². The number of para-hydroxylation sites is 1. The second-order valence-corrected chi connectivity index (χ2v) is 7.10. The van der Waals surface area contributed by atoms with Gasteiger partial charge in [0.05, 0.1) is 5.69 Å². The number of rotatable bonds is 5. The average molecular weight is 400 g/mol. The molecule has 1 aliphatic heterocycles. The van der Waals surface area contributed by atoms with Gasteiger partial charge in [-0.3, -0.25) is 0 Å². The summed E-state index contributed by atoms with van der Waals surface area (Å²) in [6.07, 6.45) is 1.81. The number of piperazine rings is 1. The monoisotopic (exact) mass is 400 g/mol. The molecule has 1 saturated heterocycles. The fraction of sp³-hybridized carbons (Fsp3) is 0.227. The lowest BCUT2D eigenvalue weighted by atomic mass is 10.1. The largest absolute Gasteiger partial charge is 0.357 e. The summed E-state index contributed by atoms with van der Waals surface area (Å²) < 4.78 is 1.79. The number of hydrazine groups is 1. The van der Waals surface area contributed by atoms with Crippen LogP contribution >= 0.6 is 0 Å². The Kier molecular flexibility index (Phi) is 5.00. The predicted octanol–water partition coefficient (Wildman–Crippen LogP) is 2.82. The first-order valence-corrected chi connectivity index (χ1v) is 10.1. The maximum absolute atomic E-state index is 4.90. The highest BCUT2D eigenvalue weighted by Crippen LogP contribution is 2.28. The molecule has 3 heterocycles. The van der Waals surface area contributed by atoms with Crippen molar-refractivity contribution >= 4 is 28.4 Å². The van der Waals surface area contributed by atoms with Gasteiger partial charge in [-0.15, -0.1) is 5.10 Å². The normalized spacial score (nSPS) is 14.7. The van der Waals surface area contributed by atoms with Gasteiger partial charge in [0.25, 0.3) is 5.95 Å². The van der Waals surface area contributed by atoms with Gasteiger partial charge in [0.1, 0.15) is 0 Å². The van der Waals surface area contributed by atoms with Gasteiger partial charge in [-0.05, 0) is 23.6 Å². The van der Waals surface area contributed by atoms with E-state index in [1.54, 1.807) is 4.68 Å². The first kappa shape index (κ1) is 18.5. The Morgan fingerprint density at radius 2 is 1.73 bits per heavy atom. The highest BCUT2D eigenvalue weighted by atomic mass is 15.7. The van der Waals surface area contributed by atoms with Crippen molar-refractivity contribution < 1.29 is 0 Å². The van der Waals surface area contributed by atoms with Gasteiger partial charge in [-0.1, -0.05) is 42.5 Å². The minimum atomic E-state index is 0.613. The lowest BCUT2D eigenvalue weighted by molar-refractivity contribution is 0.240. The van der Waals surface area contributed by atoms with E-state index < -0.39 is 0 Å². The Morgan fingerprint density at radius 3 is 2.53 bits per heavy atom. The number of hydrogen-bond donors (Lipinski definition) is 2. The first-order valence-electron chi connectivity index (χ1n) is 10.1. The van der Waals surface area contributed by atoms with E-state index in [9.17, 15) is 0 Å². The maximum Gasteiger partial charge on any atom is 0.266 e. The molecule has 1 fully saturated rings. The third-order valence-corrected chi connectivity index (χ3v) is 5.24. The van der Waals surface area contributed by atoms with Crippen molar-refractivity contribution in [2.24, 2.45) is 0 Å². The minimum Gasteiger partial charge on any atom is -0.357 e. The summed E-state index contributed by atoms with van der Waals surface area (Å²) in [4.78, 5) is 9.45. The third kappa shape index (κ3) is 3.36. The zero-order valence-corrected chi connectivity index (χ0v) is 16.9. The fourth-order valence-electron chi connectivity index (χ4n) is 3.80. The molecule has 0 unspecified atom stereocenters. The van der Waals surface area contributed by atoms with Crippen LogP contribution in [0.1, 0.15) is 0 Å². The van der Waals surface area contributed by atoms with Gasteiger partial charge in [0.15, 0.2) is 5.82 Å². The number of anilines is 3. The van der Waals surface area contributed by atoms with E-state index in [0.717, 1.165) is 48.5 Å².